The van der Waals surface area contributed by atoms with Crippen molar-refractivity contribution in [2.45, 2.75) is 25.8 Å². The summed E-state index contributed by atoms with van der Waals surface area (Å²) in [5, 5.41) is 7.83. The summed E-state index contributed by atoms with van der Waals surface area (Å²) in [7, 11) is 0. The fourth-order valence-electron chi connectivity index (χ4n) is 3.00. The lowest BCUT2D eigenvalue weighted by Crippen LogP contribution is -2.25. The number of benzene rings is 2. The third-order valence-corrected chi connectivity index (χ3v) is 4.24. The molecule has 0 unspecified atom stereocenters. The van der Waals surface area contributed by atoms with Gasteiger partial charge in [-0.3, -0.25) is 4.79 Å². The Morgan fingerprint density at radius 2 is 2.12 bits per heavy atom. The van der Waals surface area contributed by atoms with E-state index in [9.17, 15) is 4.79 Å². The van der Waals surface area contributed by atoms with E-state index >= 15 is 0 Å². The first-order chi connectivity index (χ1) is 11.8. The SMILES string of the molecule is O=C(Cc1noc2ccccc12)NCc1ccc2c(c1)CCCO2. The van der Waals surface area contributed by atoms with Crippen LogP contribution in [0.5, 0.6) is 5.75 Å². The summed E-state index contributed by atoms with van der Waals surface area (Å²) in [6.07, 6.45) is 2.29. The van der Waals surface area contributed by atoms with E-state index in [0.717, 1.165) is 36.1 Å². The summed E-state index contributed by atoms with van der Waals surface area (Å²) in [5.41, 5.74) is 3.67. The van der Waals surface area contributed by atoms with Crippen LogP contribution in [0.3, 0.4) is 0 Å². The number of hydrogen-bond donors (Lipinski definition) is 1. The number of ether oxygens (including phenoxy) is 1. The highest BCUT2D eigenvalue weighted by atomic mass is 16.5. The van der Waals surface area contributed by atoms with E-state index in [0.29, 0.717) is 17.8 Å². The molecule has 0 bridgehead atoms. The quantitative estimate of drug-likeness (QED) is 0.802. The van der Waals surface area contributed by atoms with E-state index in [4.69, 9.17) is 9.26 Å². The number of hydrogen-bond acceptors (Lipinski definition) is 4. The van der Waals surface area contributed by atoms with Gasteiger partial charge in [-0.25, -0.2) is 0 Å². The lowest BCUT2D eigenvalue weighted by Gasteiger charge is -2.18. The molecule has 0 saturated heterocycles. The third kappa shape index (κ3) is 2.97. The molecule has 1 amide bonds. The molecule has 3 aromatic rings. The van der Waals surface area contributed by atoms with Gasteiger partial charge in [0.2, 0.25) is 5.91 Å². The highest BCUT2D eigenvalue weighted by Crippen LogP contribution is 2.25. The maximum Gasteiger partial charge on any atom is 0.226 e. The number of rotatable bonds is 4. The zero-order valence-electron chi connectivity index (χ0n) is 13.2. The molecule has 2 aromatic carbocycles. The van der Waals surface area contributed by atoms with Gasteiger partial charge in [0.25, 0.3) is 0 Å². The molecule has 1 aliphatic rings. The summed E-state index contributed by atoms with van der Waals surface area (Å²) in [6.45, 7) is 1.29. The van der Waals surface area contributed by atoms with E-state index in [2.05, 4.69) is 16.5 Å². The predicted octanol–water partition coefficient (Wildman–Crippen LogP) is 3.01. The van der Waals surface area contributed by atoms with Crippen molar-refractivity contribution in [2.75, 3.05) is 6.61 Å². The molecule has 0 radical (unpaired) electrons. The molecule has 1 N–H and O–H groups in total. The molecular weight excluding hydrogens is 304 g/mol. The van der Waals surface area contributed by atoms with Crippen molar-refractivity contribution in [1.82, 2.24) is 10.5 Å². The van der Waals surface area contributed by atoms with Gasteiger partial charge in [-0.05, 0) is 42.2 Å². The van der Waals surface area contributed by atoms with E-state index in [1.165, 1.54) is 5.56 Å². The molecule has 0 aliphatic carbocycles. The summed E-state index contributed by atoms with van der Waals surface area (Å²) >= 11 is 0. The van der Waals surface area contributed by atoms with Gasteiger partial charge >= 0.3 is 0 Å². The van der Waals surface area contributed by atoms with Crippen molar-refractivity contribution in [3.05, 3.63) is 59.3 Å². The Morgan fingerprint density at radius 1 is 1.21 bits per heavy atom. The van der Waals surface area contributed by atoms with Crippen LogP contribution in [-0.2, 0) is 24.2 Å². The molecule has 5 nitrogen and oxygen atoms in total. The molecule has 1 aliphatic heterocycles. The molecule has 5 heteroatoms. The Kier molecular flexibility index (Phi) is 3.91. The van der Waals surface area contributed by atoms with E-state index in [1.807, 2.05) is 36.4 Å². The third-order valence-electron chi connectivity index (χ3n) is 4.24. The normalized spacial score (nSPS) is 13.3. The minimum absolute atomic E-state index is 0.0666. The molecular formula is C19H18N2O3. The van der Waals surface area contributed by atoms with Crippen molar-refractivity contribution in [2.24, 2.45) is 0 Å². The Hall–Kier alpha value is -2.82. The fourth-order valence-corrected chi connectivity index (χ4v) is 3.00. The lowest BCUT2D eigenvalue weighted by atomic mass is 10.0. The average molecular weight is 322 g/mol. The Bertz CT molecular complexity index is 885. The van der Waals surface area contributed by atoms with Crippen LogP contribution >= 0.6 is 0 Å². The number of aryl methyl sites for hydroxylation is 1. The van der Waals surface area contributed by atoms with Crippen LogP contribution in [0.15, 0.2) is 47.0 Å². The molecule has 0 saturated carbocycles. The minimum Gasteiger partial charge on any atom is -0.493 e. The van der Waals surface area contributed by atoms with Gasteiger partial charge in [-0.2, -0.15) is 0 Å². The van der Waals surface area contributed by atoms with Crippen molar-refractivity contribution < 1.29 is 14.1 Å². The smallest absolute Gasteiger partial charge is 0.226 e. The average Bonchev–Trinajstić information content (AvgIpc) is 3.03. The number of carbonyl (C=O) groups is 1. The van der Waals surface area contributed by atoms with Crippen LogP contribution in [-0.4, -0.2) is 17.7 Å². The van der Waals surface area contributed by atoms with Gasteiger partial charge < -0.3 is 14.6 Å². The molecule has 122 valence electrons. The minimum atomic E-state index is -0.0666. The largest absolute Gasteiger partial charge is 0.493 e. The number of nitrogens with zero attached hydrogens (tertiary/aromatic N) is 1. The topological polar surface area (TPSA) is 64.4 Å². The number of fused-ring (bicyclic) bond motifs is 2. The fraction of sp³-hybridized carbons (Fsp3) is 0.263. The molecule has 0 fully saturated rings. The second-order valence-electron chi connectivity index (χ2n) is 5.97. The maximum absolute atomic E-state index is 12.2. The van der Waals surface area contributed by atoms with E-state index in [-0.39, 0.29) is 12.3 Å². The van der Waals surface area contributed by atoms with Gasteiger partial charge in [0.15, 0.2) is 5.58 Å². The summed E-state index contributed by atoms with van der Waals surface area (Å²) in [4.78, 5) is 12.2. The molecule has 24 heavy (non-hydrogen) atoms. The first-order valence-electron chi connectivity index (χ1n) is 8.14. The van der Waals surface area contributed by atoms with Crippen molar-refractivity contribution in [1.29, 1.82) is 0 Å². The summed E-state index contributed by atoms with van der Waals surface area (Å²) in [6, 6.07) is 13.7. The Morgan fingerprint density at radius 3 is 3.08 bits per heavy atom. The molecule has 1 aromatic heterocycles. The standard InChI is InChI=1S/C19H18N2O3/c22-19(11-16-15-5-1-2-6-18(15)24-21-16)20-12-13-7-8-17-14(10-13)4-3-9-23-17/h1-2,5-8,10H,3-4,9,11-12H2,(H,20,22). The van der Waals surface area contributed by atoms with E-state index in [1.54, 1.807) is 0 Å². The highest BCUT2D eigenvalue weighted by Gasteiger charge is 2.13. The van der Waals surface area contributed by atoms with Crippen LogP contribution in [0.2, 0.25) is 0 Å². The van der Waals surface area contributed by atoms with Crippen LogP contribution < -0.4 is 10.1 Å². The number of amides is 1. The Balaban J connectivity index is 1.40. The first kappa shape index (κ1) is 14.8. The van der Waals surface area contributed by atoms with Crippen LogP contribution in [0, 0.1) is 0 Å². The zero-order valence-corrected chi connectivity index (χ0v) is 13.2. The molecule has 0 spiro atoms. The number of aromatic nitrogens is 1. The van der Waals surface area contributed by atoms with Crippen molar-refractivity contribution in [3.63, 3.8) is 0 Å². The van der Waals surface area contributed by atoms with Gasteiger partial charge in [0, 0.05) is 11.9 Å². The predicted molar refractivity (Wildman–Crippen MR) is 89.8 cm³/mol. The lowest BCUT2D eigenvalue weighted by molar-refractivity contribution is -0.120. The van der Waals surface area contributed by atoms with Crippen molar-refractivity contribution >= 4 is 16.9 Å². The zero-order chi connectivity index (χ0) is 16.4. The number of para-hydroxylation sites is 1. The monoisotopic (exact) mass is 322 g/mol. The molecule has 4 rings (SSSR count). The van der Waals surface area contributed by atoms with Crippen LogP contribution in [0.25, 0.3) is 11.0 Å². The molecule has 0 atom stereocenters. The van der Waals surface area contributed by atoms with Crippen molar-refractivity contribution in [3.8, 4) is 5.75 Å². The summed E-state index contributed by atoms with van der Waals surface area (Å²) in [5.74, 6) is 0.897. The van der Waals surface area contributed by atoms with E-state index < -0.39 is 0 Å². The summed E-state index contributed by atoms with van der Waals surface area (Å²) < 4.78 is 10.8. The second-order valence-corrected chi connectivity index (χ2v) is 5.97. The Labute approximate surface area is 139 Å². The van der Waals surface area contributed by atoms with Gasteiger partial charge in [-0.15, -0.1) is 0 Å². The van der Waals surface area contributed by atoms with Crippen LogP contribution in [0.4, 0.5) is 0 Å². The maximum atomic E-state index is 12.2. The van der Waals surface area contributed by atoms with Gasteiger partial charge in [0.05, 0.1) is 13.0 Å². The number of carbonyl (C=O) groups excluding carboxylic acids is 1. The number of nitrogens with one attached hydrogen (secondary N) is 1. The molecule has 2 heterocycles. The van der Waals surface area contributed by atoms with Gasteiger partial charge in [-0.1, -0.05) is 29.4 Å². The first-order valence-corrected chi connectivity index (χ1v) is 8.14. The van der Waals surface area contributed by atoms with Crippen LogP contribution in [0.1, 0.15) is 23.2 Å². The van der Waals surface area contributed by atoms with Gasteiger partial charge in [0.1, 0.15) is 11.4 Å². The highest BCUT2D eigenvalue weighted by molar-refractivity contribution is 5.86. The second kappa shape index (κ2) is 6.35.